The number of rotatable bonds is 6. The summed E-state index contributed by atoms with van der Waals surface area (Å²) in [6.45, 7) is 0. The van der Waals surface area contributed by atoms with Crippen LogP contribution < -0.4 is 0 Å². The molecular formula is C21H30N4O2S. The molecule has 152 valence electrons. The molecule has 0 aromatic carbocycles. The zero-order chi connectivity index (χ0) is 19.3. The lowest BCUT2D eigenvalue weighted by Gasteiger charge is -2.41. The third kappa shape index (κ3) is 4.29. The number of hydrogen-bond donors (Lipinski definition) is 0. The van der Waals surface area contributed by atoms with Crippen molar-refractivity contribution in [2.24, 2.45) is 7.05 Å². The molecular weight excluding hydrogens is 372 g/mol. The van der Waals surface area contributed by atoms with Crippen LogP contribution in [0, 0.1) is 0 Å². The fourth-order valence-corrected chi connectivity index (χ4v) is 5.47. The maximum Gasteiger partial charge on any atom is 0.233 e. The maximum atomic E-state index is 13.3. The molecule has 28 heavy (non-hydrogen) atoms. The third-order valence-electron chi connectivity index (χ3n) is 6.13. The lowest BCUT2D eigenvalue weighted by molar-refractivity contribution is -0.135. The SMILES string of the molecule is Cn1c(SCC(=O)N(C2CCCCC2)C2CCCCC2)nnc1-c1ccco1. The summed E-state index contributed by atoms with van der Waals surface area (Å²) in [5.41, 5.74) is 0. The van der Waals surface area contributed by atoms with Crippen LogP contribution in [-0.2, 0) is 11.8 Å². The third-order valence-corrected chi connectivity index (χ3v) is 7.13. The van der Waals surface area contributed by atoms with Gasteiger partial charge in [0, 0.05) is 19.1 Å². The van der Waals surface area contributed by atoms with Crippen molar-refractivity contribution in [1.82, 2.24) is 19.7 Å². The van der Waals surface area contributed by atoms with E-state index in [1.54, 1.807) is 6.26 Å². The second-order valence-corrected chi connectivity index (χ2v) is 8.96. The molecule has 0 bridgehead atoms. The van der Waals surface area contributed by atoms with E-state index < -0.39 is 0 Å². The van der Waals surface area contributed by atoms with Gasteiger partial charge in [-0.05, 0) is 37.8 Å². The lowest BCUT2D eigenvalue weighted by Crippen LogP contribution is -2.49. The summed E-state index contributed by atoms with van der Waals surface area (Å²) < 4.78 is 7.33. The predicted octanol–water partition coefficient (Wildman–Crippen LogP) is 4.66. The van der Waals surface area contributed by atoms with Crippen LogP contribution in [0.15, 0.2) is 28.0 Å². The topological polar surface area (TPSA) is 64.2 Å². The van der Waals surface area contributed by atoms with Crippen molar-refractivity contribution in [1.29, 1.82) is 0 Å². The molecule has 0 unspecified atom stereocenters. The molecule has 0 saturated heterocycles. The zero-order valence-electron chi connectivity index (χ0n) is 16.7. The molecule has 0 radical (unpaired) electrons. The van der Waals surface area contributed by atoms with Gasteiger partial charge >= 0.3 is 0 Å². The van der Waals surface area contributed by atoms with Gasteiger partial charge in [-0.2, -0.15) is 0 Å². The molecule has 2 aromatic rings. The Hall–Kier alpha value is -1.76. The Balaban J connectivity index is 1.44. The Morgan fingerprint density at radius 3 is 2.32 bits per heavy atom. The van der Waals surface area contributed by atoms with Gasteiger partial charge in [0.15, 0.2) is 16.7 Å². The molecule has 1 amide bonds. The van der Waals surface area contributed by atoms with E-state index in [1.807, 2.05) is 23.7 Å². The number of aromatic nitrogens is 3. The van der Waals surface area contributed by atoms with E-state index in [9.17, 15) is 4.79 Å². The van der Waals surface area contributed by atoms with Crippen LogP contribution in [0.3, 0.4) is 0 Å². The molecule has 2 heterocycles. The summed E-state index contributed by atoms with van der Waals surface area (Å²) in [4.78, 5) is 15.6. The molecule has 6 nitrogen and oxygen atoms in total. The van der Waals surface area contributed by atoms with Crippen LogP contribution in [-0.4, -0.2) is 43.4 Å². The van der Waals surface area contributed by atoms with Crippen molar-refractivity contribution in [3.8, 4) is 11.6 Å². The lowest BCUT2D eigenvalue weighted by atomic mass is 9.88. The van der Waals surface area contributed by atoms with Gasteiger partial charge in [-0.1, -0.05) is 50.3 Å². The van der Waals surface area contributed by atoms with Crippen LogP contribution in [0.2, 0.25) is 0 Å². The van der Waals surface area contributed by atoms with Gasteiger partial charge in [0.2, 0.25) is 5.91 Å². The molecule has 0 spiro atoms. The van der Waals surface area contributed by atoms with Crippen LogP contribution in [0.4, 0.5) is 0 Å². The van der Waals surface area contributed by atoms with Crippen LogP contribution in [0.5, 0.6) is 0 Å². The molecule has 0 aliphatic heterocycles. The van der Waals surface area contributed by atoms with E-state index in [-0.39, 0.29) is 5.91 Å². The monoisotopic (exact) mass is 402 g/mol. The molecule has 4 rings (SSSR count). The summed E-state index contributed by atoms with van der Waals surface area (Å²) >= 11 is 1.49. The molecule has 2 aliphatic carbocycles. The minimum absolute atomic E-state index is 0.270. The molecule has 2 fully saturated rings. The second-order valence-electron chi connectivity index (χ2n) is 8.02. The first-order valence-electron chi connectivity index (χ1n) is 10.6. The Bertz CT molecular complexity index is 743. The van der Waals surface area contributed by atoms with E-state index >= 15 is 0 Å². The summed E-state index contributed by atoms with van der Waals surface area (Å²) in [5.74, 6) is 2.08. The van der Waals surface area contributed by atoms with Gasteiger partial charge < -0.3 is 13.9 Å². The van der Waals surface area contributed by atoms with Gasteiger partial charge in [0.1, 0.15) is 0 Å². The number of carbonyl (C=O) groups is 1. The number of nitrogens with zero attached hydrogens (tertiary/aromatic N) is 4. The van der Waals surface area contributed by atoms with Crippen molar-refractivity contribution >= 4 is 17.7 Å². The standard InChI is InChI=1S/C21H30N4O2S/c1-24-20(18-13-8-14-27-18)22-23-21(24)28-15-19(26)25(16-9-4-2-5-10-16)17-11-6-3-7-12-17/h8,13-14,16-17H,2-7,9-12,15H2,1H3. The summed E-state index contributed by atoms with van der Waals surface area (Å²) in [6.07, 6.45) is 13.9. The molecule has 7 heteroatoms. The van der Waals surface area contributed by atoms with Gasteiger partial charge in [0.25, 0.3) is 0 Å². The molecule has 2 aromatic heterocycles. The molecule has 2 aliphatic rings. The number of amides is 1. The highest BCUT2D eigenvalue weighted by Gasteiger charge is 2.32. The number of thioether (sulfide) groups is 1. The second kappa shape index (κ2) is 9.16. The fraction of sp³-hybridized carbons (Fsp3) is 0.667. The van der Waals surface area contributed by atoms with Crippen molar-refractivity contribution < 1.29 is 9.21 Å². The first-order chi connectivity index (χ1) is 13.7. The van der Waals surface area contributed by atoms with Gasteiger partial charge in [-0.25, -0.2) is 0 Å². The number of carbonyl (C=O) groups excluding carboxylic acids is 1. The van der Waals surface area contributed by atoms with E-state index in [0.717, 1.165) is 5.16 Å². The molecule has 2 saturated carbocycles. The van der Waals surface area contributed by atoms with E-state index in [1.165, 1.54) is 76.0 Å². The summed E-state index contributed by atoms with van der Waals surface area (Å²) in [5, 5.41) is 9.26. The normalized spacial score (nSPS) is 19.0. The van der Waals surface area contributed by atoms with Crippen LogP contribution in [0.1, 0.15) is 64.2 Å². The minimum Gasteiger partial charge on any atom is -0.461 e. The summed E-state index contributed by atoms with van der Waals surface area (Å²) in [7, 11) is 1.92. The molecule has 0 atom stereocenters. The van der Waals surface area contributed by atoms with E-state index in [0.29, 0.717) is 29.4 Å². The van der Waals surface area contributed by atoms with Crippen molar-refractivity contribution in [2.75, 3.05) is 5.75 Å². The Morgan fingerprint density at radius 2 is 1.75 bits per heavy atom. The smallest absolute Gasteiger partial charge is 0.233 e. The Morgan fingerprint density at radius 1 is 1.11 bits per heavy atom. The fourth-order valence-electron chi connectivity index (χ4n) is 4.69. The molecule has 0 N–H and O–H groups in total. The van der Waals surface area contributed by atoms with Gasteiger partial charge in [-0.3, -0.25) is 4.79 Å². The first kappa shape index (κ1) is 19.6. The highest BCUT2D eigenvalue weighted by atomic mass is 32.2. The van der Waals surface area contributed by atoms with Crippen molar-refractivity contribution in [2.45, 2.75) is 81.4 Å². The number of furan rings is 1. The van der Waals surface area contributed by atoms with E-state index in [2.05, 4.69) is 15.1 Å². The predicted molar refractivity (Wildman–Crippen MR) is 110 cm³/mol. The van der Waals surface area contributed by atoms with Crippen molar-refractivity contribution in [3.63, 3.8) is 0 Å². The Kier molecular flexibility index (Phi) is 6.40. The minimum atomic E-state index is 0.270. The highest BCUT2D eigenvalue weighted by Crippen LogP contribution is 2.31. The van der Waals surface area contributed by atoms with Gasteiger partial charge in [-0.15, -0.1) is 10.2 Å². The highest BCUT2D eigenvalue weighted by molar-refractivity contribution is 7.99. The van der Waals surface area contributed by atoms with Crippen LogP contribution in [0.25, 0.3) is 11.6 Å². The first-order valence-corrected chi connectivity index (χ1v) is 11.6. The quantitative estimate of drug-likeness (QED) is 0.658. The average Bonchev–Trinajstić information content (AvgIpc) is 3.38. The van der Waals surface area contributed by atoms with E-state index in [4.69, 9.17) is 4.42 Å². The van der Waals surface area contributed by atoms with Crippen molar-refractivity contribution in [3.05, 3.63) is 18.4 Å². The Labute approximate surface area is 171 Å². The zero-order valence-corrected chi connectivity index (χ0v) is 17.5. The van der Waals surface area contributed by atoms with Crippen LogP contribution >= 0.6 is 11.8 Å². The number of hydrogen-bond acceptors (Lipinski definition) is 5. The average molecular weight is 403 g/mol. The van der Waals surface area contributed by atoms with Gasteiger partial charge in [0.05, 0.1) is 12.0 Å². The largest absolute Gasteiger partial charge is 0.461 e. The maximum absolute atomic E-state index is 13.3. The summed E-state index contributed by atoms with van der Waals surface area (Å²) in [6, 6.07) is 4.58.